The van der Waals surface area contributed by atoms with Crippen LogP contribution in [0.2, 0.25) is 5.02 Å². The lowest BCUT2D eigenvalue weighted by atomic mass is 10.1. The van der Waals surface area contributed by atoms with Crippen molar-refractivity contribution in [1.29, 1.82) is 0 Å². The number of halogens is 4. The van der Waals surface area contributed by atoms with E-state index in [0.717, 1.165) is 29.5 Å². The van der Waals surface area contributed by atoms with Gasteiger partial charge < -0.3 is 10.1 Å². The molecule has 164 valence electrons. The first-order chi connectivity index (χ1) is 14.8. The highest BCUT2D eigenvalue weighted by Crippen LogP contribution is 2.36. The summed E-state index contributed by atoms with van der Waals surface area (Å²) in [7, 11) is 1.57. The van der Waals surface area contributed by atoms with Gasteiger partial charge in [0, 0.05) is 17.7 Å². The van der Waals surface area contributed by atoms with E-state index >= 15 is 0 Å². The quantitative estimate of drug-likeness (QED) is 0.469. The highest BCUT2D eigenvalue weighted by molar-refractivity contribution is 7.99. The molecule has 0 aliphatic rings. The fourth-order valence-corrected chi connectivity index (χ4v) is 3.69. The number of hydrogen-bond acceptors (Lipinski definition) is 5. The summed E-state index contributed by atoms with van der Waals surface area (Å²) >= 11 is 6.74. The van der Waals surface area contributed by atoms with Gasteiger partial charge in [-0.1, -0.05) is 53.7 Å². The van der Waals surface area contributed by atoms with Crippen molar-refractivity contribution in [2.24, 2.45) is 0 Å². The molecule has 3 aromatic rings. The first-order valence-corrected chi connectivity index (χ1v) is 10.4. The van der Waals surface area contributed by atoms with E-state index in [1.165, 1.54) is 6.07 Å². The molecule has 2 aromatic carbocycles. The zero-order valence-electron chi connectivity index (χ0n) is 16.3. The van der Waals surface area contributed by atoms with Crippen LogP contribution in [0.3, 0.4) is 0 Å². The molecule has 6 nitrogen and oxygen atoms in total. The number of benzene rings is 2. The number of thioether (sulfide) groups is 1. The van der Waals surface area contributed by atoms with Crippen LogP contribution in [0, 0.1) is 0 Å². The van der Waals surface area contributed by atoms with Gasteiger partial charge in [-0.05, 0) is 18.2 Å². The SMILES string of the molecule is COCCn1c(SCC(=O)Nc2ccc(Cl)cc2C(F)(F)F)nnc1-c1ccccc1. The average molecular weight is 471 g/mol. The molecule has 1 amide bonds. The van der Waals surface area contributed by atoms with Crippen LogP contribution in [0.15, 0.2) is 53.7 Å². The van der Waals surface area contributed by atoms with Crippen molar-refractivity contribution in [2.75, 3.05) is 24.8 Å². The minimum absolute atomic E-state index is 0.0700. The normalized spacial score (nSPS) is 11.5. The van der Waals surface area contributed by atoms with Crippen LogP contribution < -0.4 is 5.32 Å². The smallest absolute Gasteiger partial charge is 0.383 e. The molecule has 1 N–H and O–H groups in total. The Morgan fingerprint density at radius 2 is 1.94 bits per heavy atom. The molecule has 11 heteroatoms. The van der Waals surface area contributed by atoms with Gasteiger partial charge in [0.05, 0.1) is 30.2 Å². The highest BCUT2D eigenvalue weighted by Gasteiger charge is 2.34. The van der Waals surface area contributed by atoms with E-state index in [1.54, 1.807) is 11.7 Å². The predicted octanol–water partition coefficient (Wildman–Crippen LogP) is 4.99. The van der Waals surface area contributed by atoms with Gasteiger partial charge in [0.2, 0.25) is 5.91 Å². The monoisotopic (exact) mass is 470 g/mol. The fraction of sp³-hybridized carbons (Fsp3) is 0.250. The second-order valence-corrected chi connectivity index (χ2v) is 7.72. The summed E-state index contributed by atoms with van der Waals surface area (Å²) in [5.41, 5.74) is -0.514. The summed E-state index contributed by atoms with van der Waals surface area (Å²) in [5, 5.41) is 11.0. The molecule has 0 aliphatic carbocycles. The summed E-state index contributed by atoms with van der Waals surface area (Å²) in [4.78, 5) is 12.3. The molecule has 0 aliphatic heterocycles. The van der Waals surface area contributed by atoms with Crippen molar-refractivity contribution in [3.63, 3.8) is 0 Å². The second-order valence-electron chi connectivity index (χ2n) is 6.34. The third-order valence-corrected chi connectivity index (χ3v) is 5.36. The van der Waals surface area contributed by atoms with Crippen LogP contribution in [0.25, 0.3) is 11.4 Å². The van der Waals surface area contributed by atoms with Gasteiger partial charge in [0.25, 0.3) is 0 Å². The maximum atomic E-state index is 13.2. The molecule has 0 radical (unpaired) electrons. The van der Waals surface area contributed by atoms with Gasteiger partial charge in [-0.3, -0.25) is 9.36 Å². The first-order valence-electron chi connectivity index (χ1n) is 9.06. The highest BCUT2D eigenvalue weighted by atomic mass is 35.5. The lowest BCUT2D eigenvalue weighted by Gasteiger charge is -2.14. The van der Waals surface area contributed by atoms with Crippen molar-refractivity contribution < 1.29 is 22.7 Å². The number of amides is 1. The maximum Gasteiger partial charge on any atom is 0.418 e. The third-order valence-electron chi connectivity index (χ3n) is 4.16. The van der Waals surface area contributed by atoms with Crippen LogP contribution in [0.1, 0.15) is 5.56 Å². The summed E-state index contributed by atoms with van der Waals surface area (Å²) in [6.07, 6.45) is -4.65. The Bertz CT molecular complexity index is 1040. The molecule has 1 heterocycles. The van der Waals surface area contributed by atoms with E-state index in [1.807, 2.05) is 30.3 Å². The zero-order chi connectivity index (χ0) is 22.4. The minimum atomic E-state index is -4.65. The summed E-state index contributed by atoms with van der Waals surface area (Å²) in [6.45, 7) is 0.852. The number of carbonyl (C=O) groups excluding carboxylic acids is 1. The second kappa shape index (κ2) is 10.2. The zero-order valence-corrected chi connectivity index (χ0v) is 17.9. The topological polar surface area (TPSA) is 69.0 Å². The molecule has 1 aromatic heterocycles. The fourth-order valence-electron chi connectivity index (χ4n) is 2.76. The van der Waals surface area contributed by atoms with Gasteiger partial charge in [0.15, 0.2) is 11.0 Å². The number of anilines is 1. The number of hydrogen-bond donors (Lipinski definition) is 1. The molecular weight excluding hydrogens is 453 g/mol. The van der Waals surface area contributed by atoms with Gasteiger partial charge in [-0.2, -0.15) is 13.2 Å². The van der Waals surface area contributed by atoms with Crippen LogP contribution in [0.5, 0.6) is 0 Å². The largest absolute Gasteiger partial charge is 0.418 e. The Morgan fingerprint density at radius 1 is 1.19 bits per heavy atom. The van der Waals surface area contributed by atoms with E-state index in [-0.39, 0.29) is 16.5 Å². The Hall–Kier alpha value is -2.56. The molecule has 0 spiro atoms. The predicted molar refractivity (Wildman–Crippen MR) is 113 cm³/mol. The van der Waals surface area contributed by atoms with E-state index < -0.39 is 17.6 Å². The molecule has 0 unspecified atom stereocenters. The van der Waals surface area contributed by atoms with Crippen molar-refractivity contribution in [3.8, 4) is 11.4 Å². The number of aromatic nitrogens is 3. The summed E-state index contributed by atoms with van der Waals surface area (Å²) in [5.74, 6) is -0.155. The lowest BCUT2D eigenvalue weighted by molar-refractivity contribution is -0.137. The molecule has 0 saturated heterocycles. The van der Waals surface area contributed by atoms with Crippen LogP contribution in [-0.2, 0) is 22.3 Å². The Morgan fingerprint density at radius 3 is 2.61 bits per heavy atom. The number of ether oxygens (including phenoxy) is 1. The van der Waals surface area contributed by atoms with Crippen molar-refractivity contribution in [1.82, 2.24) is 14.8 Å². The summed E-state index contributed by atoms with van der Waals surface area (Å²) in [6, 6.07) is 12.6. The summed E-state index contributed by atoms with van der Waals surface area (Å²) < 4.78 is 46.6. The number of nitrogens with one attached hydrogen (secondary N) is 1. The lowest BCUT2D eigenvalue weighted by Crippen LogP contribution is -2.18. The number of carbonyl (C=O) groups is 1. The molecule has 3 rings (SSSR count). The number of nitrogens with zero attached hydrogens (tertiary/aromatic N) is 3. The van der Waals surface area contributed by atoms with Crippen LogP contribution in [-0.4, -0.2) is 40.1 Å². The van der Waals surface area contributed by atoms with Gasteiger partial charge >= 0.3 is 6.18 Å². The van der Waals surface area contributed by atoms with Gasteiger partial charge in [-0.15, -0.1) is 10.2 Å². The Labute approximate surface area is 185 Å². The molecular formula is C20H18ClF3N4O2S. The van der Waals surface area contributed by atoms with Crippen molar-refractivity contribution >= 4 is 35.0 Å². The molecule has 0 fully saturated rings. The standard InChI is InChI=1S/C20H18ClF3N4O2S/c1-30-10-9-28-18(13-5-3-2-4-6-13)26-27-19(28)31-12-17(29)25-16-8-7-14(21)11-15(16)20(22,23)24/h2-8,11H,9-10,12H2,1H3,(H,25,29). The van der Waals surface area contributed by atoms with E-state index in [4.69, 9.17) is 16.3 Å². The maximum absolute atomic E-state index is 13.2. The van der Waals surface area contributed by atoms with E-state index in [2.05, 4.69) is 15.5 Å². The molecule has 0 bridgehead atoms. The molecule has 31 heavy (non-hydrogen) atoms. The molecule has 0 atom stereocenters. The Kier molecular flexibility index (Phi) is 7.58. The first kappa shape index (κ1) is 23.1. The van der Waals surface area contributed by atoms with Gasteiger partial charge in [-0.25, -0.2) is 0 Å². The van der Waals surface area contributed by atoms with Gasteiger partial charge in [0.1, 0.15) is 0 Å². The van der Waals surface area contributed by atoms with E-state index in [9.17, 15) is 18.0 Å². The van der Waals surface area contributed by atoms with Crippen molar-refractivity contribution in [2.45, 2.75) is 17.9 Å². The van der Waals surface area contributed by atoms with Crippen LogP contribution >= 0.6 is 23.4 Å². The number of methoxy groups -OCH3 is 1. The number of alkyl halides is 3. The van der Waals surface area contributed by atoms with E-state index in [0.29, 0.717) is 24.1 Å². The minimum Gasteiger partial charge on any atom is -0.383 e. The Balaban J connectivity index is 1.74. The number of rotatable bonds is 8. The molecule has 0 saturated carbocycles. The third kappa shape index (κ3) is 5.99. The van der Waals surface area contributed by atoms with Crippen molar-refractivity contribution in [3.05, 3.63) is 59.1 Å². The average Bonchev–Trinajstić information content (AvgIpc) is 3.14. The van der Waals surface area contributed by atoms with Crippen LogP contribution in [0.4, 0.5) is 18.9 Å².